The van der Waals surface area contributed by atoms with Gasteiger partial charge in [0.25, 0.3) is 11.8 Å². The molecule has 0 radical (unpaired) electrons. The highest BCUT2D eigenvalue weighted by molar-refractivity contribution is 5.96. The third kappa shape index (κ3) is 5.13. The van der Waals surface area contributed by atoms with Crippen LogP contribution >= 0.6 is 0 Å². The van der Waals surface area contributed by atoms with E-state index < -0.39 is 18.0 Å². The molecule has 0 fully saturated rings. The average Bonchev–Trinajstić information content (AvgIpc) is 3.28. The zero-order chi connectivity index (χ0) is 21.5. The fourth-order valence-corrected chi connectivity index (χ4v) is 2.54. The van der Waals surface area contributed by atoms with Gasteiger partial charge in [0.05, 0.1) is 14.2 Å². The van der Waals surface area contributed by atoms with Crippen LogP contribution in [0.2, 0.25) is 0 Å². The molecule has 0 aliphatic rings. The van der Waals surface area contributed by atoms with Gasteiger partial charge in [0.15, 0.2) is 6.10 Å². The minimum Gasteiger partial charge on any atom is -0.497 e. The van der Waals surface area contributed by atoms with E-state index in [2.05, 4.69) is 15.5 Å². The van der Waals surface area contributed by atoms with Crippen molar-refractivity contribution in [3.05, 3.63) is 60.0 Å². The maximum absolute atomic E-state index is 12.1. The fourth-order valence-electron chi connectivity index (χ4n) is 2.54. The maximum Gasteiger partial charge on any atom is 0.326 e. The number of esters is 1. The number of methoxy groups -OCH3 is 2. The molecule has 1 atom stereocenters. The third-order valence-electron chi connectivity index (χ3n) is 4.18. The number of benzene rings is 2. The standard InChI is InChI=1S/C21H21N3O6/c1-13(20-23-24-21(30-20)15-6-10-17(28-3)11-7-15)29-18(25)12-22-19(26)14-4-8-16(27-2)9-5-14/h4-11,13H,12H2,1-3H3,(H,22,26)/t13-/m0/s1. The van der Waals surface area contributed by atoms with Crippen molar-refractivity contribution in [1.29, 1.82) is 0 Å². The van der Waals surface area contributed by atoms with Crippen LogP contribution in [0.5, 0.6) is 11.5 Å². The smallest absolute Gasteiger partial charge is 0.326 e. The molecule has 0 saturated carbocycles. The van der Waals surface area contributed by atoms with Crippen LogP contribution < -0.4 is 14.8 Å². The Bertz CT molecular complexity index is 998. The van der Waals surface area contributed by atoms with E-state index in [0.29, 0.717) is 28.5 Å². The molecule has 0 saturated heterocycles. The van der Waals surface area contributed by atoms with E-state index in [-0.39, 0.29) is 12.4 Å². The summed E-state index contributed by atoms with van der Waals surface area (Å²) in [6.45, 7) is 1.31. The van der Waals surface area contributed by atoms with Gasteiger partial charge in [-0.05, 0) is 55.5 Å². The Hall–Kier alpha value is -3.88. The van der Waals surface area contributed by atoms with Gasteiger partial charge in [-0.3, -0.25) is 9.59 Å². The third-order valence-corrected chi connectivity index (χ3v) is 4.18. The van der Waals surface area contributed by atoms with Gasteiger partial charge >= 0.3 is 5.97 Å². The number of nitrogens with one attached hydrogen (secondary N) is 1. The highest BCUT2D eigenvalue weighted by atomic mass is 16.6. The first kappa shape index (κ1) is 20.8. The van der Waals surface area contributed by atoms with Gasteiger partial charge in [0.2, 0.25) is 5.89 Å². The summed E-state index contributed by atoms with van der Waals surface area (Å²) < 4.78 is 21.0. The quantitative estimate of drug-likeness (QED) is 0.563. The summed E-state index contributed by atoms with van der Waals surface area (Å²) in [5, 5.41) is 10.4. The van der Waals surface area contributed by atoms with Gasteiger partial charge in [0.1, 0.15) is 18.0 Å². The molecule has 0 unspecified atom stereocenters. The Morgan fingerprint density at radius 3 is 2.17 bits per heavy atom. The predicted molar refractivity (Wildman–Crippen MR) is 106 cm³/mol. The van der Waals surface area contributed by atoms with E-state index in [0.717, 1.165) is 0 Å². The highest BCUT2D eigenvalue weighted by Crippen LogP contribution is 2.24. The van der Waals surface area contributed by atoms with Crippen molar-refractivity contribution >= 4 is 11.9 Å². The molecule has 0 spiro atoms. The van der Waals surface area contributed by atoms with Crippen molar-refractivity contribution in [2.24, 2.45) is 0 Å². The topological polar surface area (TPSA) is 113 Å². The zero-order valence-corrected chi connectivity index (χ0v) is 16.7. The van der Waals surface area contributed by atoms with E-state index in [9.17, 15) is 9.59 Å². The molecule has 1 amide bonds. The molecular formula is C21H21N3O6. The molecule has 1 aromatic heterocycles. The van der Waals surface area contributed by atoms with Crippen LogP contribution in [0.4, 0.5) is 0 Å². The molecule has 9 nitrogen and oxygen atoms in total. The van der Waals surface area contributed by atoms with E-state index in [1.165, 1.54) is 7.11 Å². The lowest BCUT2D eigenvalue weighted by Gasteiger charge is -2.10. The zero-order valence-electron chi connectivity index (χ0n) is 16.7. The molecule has 30 heavy (non-hydrogen) atoms. The van der Waals surface area contributed by atoms with Crippen molar-refractivity contribution in [3.63, 3.8) is 0 Å². The number of rotatable bonds is 8. The second kappa shape index (κ2) is 9.55. The van der Waals surface area contributed by atoms with Crippen LogP contribution in [0, 0.1) is 0 Å². The number of ether oxygens (including phenoxy) is 3. The summed E-state index contributed by atoms with van der Waals surface area (Å²) in [6, 6.07) is 13.6. The molecule has 9 heteroatoms. The van der Waals surface area contributed by atoms with Crippen molar-refractivity contribution in [2.75, 3.05) is 20.8 Å². The van der Waals surface area contributed by atoms with Crippen LogP contribution in [-0.4, -0.2) is 42.8 Å². The van der Waals surface area contributed by atoms with E-state index >= 15 is 0 Å². The lowest BCUT2D eigenvalue weighted by molar-refractivity contribution is -0.148. The lowest BCUT2D eigenvalue weighted by Crippen LogP contribution is -2.31. The molecule has 0 aliphatic heterocycles. The van der Waals surface area contributed by atoms with Crippen molar-refractivity contribution in [3.8, 4) is 23.0 Å². The molecule has 3 rings (SSSR count). The minimum absolute atomic E-state index is 0.149. The number of carbonyl (C=O) groups excluding carboxylic acids is 2. The number of aromatic nitrogens is 2. The molecule has 1 heterocycles. The first-order chi connectivity index (χ1) is 14.5. The fraction of sp³-hybridized carbons (Fsp3) is 0.238. The SMILES string of the molecule is COc1ccc(C(=O)NCC(=O)O[C@@H](C)c2nnc(-c3ccc(OC)cc3)o2)cc1. The second-order valence-electron chi connectivity index (χ2n) is 6.22. The minimum atomic E-state index is -0.769. The van der Waals surface area contributed by atoms with Crippen LogP contribution in [0.1, 0.15) is 29.3 Å². The molecule has 2 aromatic carbocycles. The maximum atomic E-state index is 12.1. The van der Waals surface area contributed by atoms with Crippen LogP contribution in [-0.2, 0) is 9.53 Å². The summed E-state index contributed by atoms with van der Waals surface area (Å²) in [5.74, 6) is 0.750. The monoisotopic (exact) mass is 411 g/mol. The lowest BCUT2D eigenvalue weighted by atomic mass is 10.2. The summed E-state index contributed by atoms with van der Waals surface area (Å²) in [4.78, 5) is 24.2. The Morgan fingerprint density at radius 2 is 1.57 bits per heavy atom. The molecule has 156 valence electrons. The van der Waals surface area contributed by atoms with Gasteiger partial charge in [0, 0.05) is 11.1 Å². The van der Waals surface area contributed by atoms with Crippen molar-refractivity contribution in [2.45, 2.75) is 13.0 Å². The molecular weight excluding hydrogens is 390 g/mol. The summed E-state index contributed by atoms with van der Waals surface area (Å²) in [6.07, 6.45) is -0.769. The van der Waals surface area contributed by atoms with E-state index in [4.69, 9.17) is 18.6 Å². The summed E-state index contributed by atoms with van der Waals surface area (Å²) in [5.41, 5.74) is 1.11. The normalized spacial score (nSPS) is 11.4. The Balaban J connectivity index is 1.52. The number of hydrogen-bond donors (Lipinski definition) is 1. The van der Waals surface area contributed by atoms with E-state index in [1.807, 2.05) is 0 Å². The van der Waals surface area contributed by atoms with Crippen LogP contribution in [0.25, 0.3) is 11.5 Å². The molecule has 1 N–H and O–H groups in total. The van der Waals surface area contributed by atoms with E-state index in [1.54, 1.807) is 62.6 Å². The Kier molecular flexibility index (Phi) is 6.63. The van der Waals surface area contributed by atoms with Gasteiger partial charge in [-0.15, -0.1) is 10.2 Å². The number of hydrogen-bond acceptors (Lipinski definition) is 8. The second-order valence-corrected chi connectivity index (χ2v) is 6.22. The molecule has 0 aliphatic carbocycles. The number of amides is 1. The number of nitrogens with zero attached hydrogens (tertiary/aromatic N) is 2. The number of carbonyl (C=O) groups is 2. The predicted octanol–water partition coefficient (Wildman–Crippen LogP) is 2.79. The summed E-state index contributed by atoms with van der Waals surface area (Å²) >= 11 is 0. The van der Waals surface area contributed by atoms with Gasteiger partial charge in [-0.25, -0.2) is 0 Å². The van der Waals surface area contributed by atoms with Crippen molar-refractivity contribution < 1.29 is 28.2 Å². The van der Waals surface area contributed by atoms with Crippen LogP contribution in [0.15, 0.2) is 52.9 Å². The van der Waals surface area contributed by atoms with Gasteiger partial charge in [-0.1, -0.05) is 0 Å². The van der Waals surface area contributed by atoms with Gasteiger partial charge in [-0.2, -0.15) is 0 Å². The first-order valence-electron chi connectivity index (χ1n) is 9.09. The highest BCUT2D eigenvalue weighted by Gasteiger charge is 2.19. The molecule has 3 aromatic rings. The Morgan fingerprint density at radius 1 is 0.967 bits per heavy atom. The average molecular weight is 411 g/mol. The first-order valence-corrected chi connectivity index (χ1v) is 9.09. The Labute approximate surface area is 173 Å². The van der Waals surface area contributed by atoms with Crippen molar-refractivity contribution in [1.82, 2.24) is 15.5 Å². The summed E-state index contributed by atoms with van der Waals surface area (Å²) in [7, 11) is 3.12. The van der Waals surface area contributed by atoms with Crippen LogP contribution in [0.3, 0.4) is 0 Å². The largest absolute Gasteiger partial charge is 0.497 e. The molecule has 0 bridgehead atoms. The van der Waals surface area contributed by atoms with Gasteiger partial charge < -0.3 is 23.9 Å².